The van der Waals surface area contributed by atoms with Crippen molar-refractivity contribution < 1.29 is 28.1 Å². The Balaban J connectivity index is 2.30. The Bertz CT molecular complexity index is 645. The summed E-state index contributed by atoms with van der Waals surface area (Å²) in [4.78, 5) is 0. The average Bonchev–Trinajstić information content (AvgIpc) is 2.65. The molecule has 0 aromatic heterocycles. The molecule has 0 saturated carbocycles. The highest BCUT2D eigenvalue weighted by Crippen LogP contribution is 2.46. The number of hydrogen-bond acceptors (Lipinski definition) is 6. The second-order valence-corrected chi connectivity index (χ2v) is 14.7. The number of rotatable bonds is 10. The molecule has 0 fully saturated rings. The van der Waals surface area contributed by atoms with Crippen LogP contribution in [-0.4, -0.2) is 48.3 Å². The first-order chi connectivity index (χ1) is 13.7. The zero-order chi connectivity index (χ0) is 21.8. The standard InChI is InChI=1S/C21H35BrO6Si/c1-13(2)29(14(3)4,15(5)6)26-11-19-21(25-12-23-7)28-20-17(24-8)9-16(22)10-18(20)27-19/h9-10,13-15,19,21H,11-12H2,1-8H3/t19-,21-/m0/s1. The molecule has 8 heteroatoms. The Morgan fingerprint density at radius 1 is 1.00 bits per heavy atom. The third-order valence-electron chi connectivity index (χ3n) is 5.58. The van der Waals surface area contributed by atoms with E-state index in [9.17, 15) is 0 Å². The van der Waals surface area contributed by atoms with E-state index in [1.807, 2.05) is 12.1 Å². The van der Waals surface area contributed by atoms with Gasteiger partial charge < -0.3 is 28.1 Å². The molecule has 0 amide bonds. The lowest BCUT2D eigenvalue weighted by atomic mass is 10.2. The first-order valence-electron chi connectivity index (χ1n) is 10.1. The third-order valence-corrected chi connectivity index (χ3v) is 12.1. The molecule has 1 aliphatic heterocycles. The summed E-state index contributed by atoms with van der Waals surface area (Å²) in [6.45, 7) is 14.1. The summed E-state index contributed by atoms with van der Waals surface area (Å²) in [6, 6.07) is 3.70. The Labute approximate surface area is 184 Å². The van der Waals surface area contributed by atoms with Crippen LogP contribution in [0.2, 0.25) is 16.6 Å². The van der Waals surface area contributed by atoms with Gasteiger partial charge in [0.1, 0.15) is 0 Å². The van der Waals surface area contributed by atoms with Gasteiger partial charge in [0, 0.05) is 11.6 Å². The molecule has 0 spiro atoms. The van der Waals surface area contributed by atoms with Crippen molar-refractivity contribution >= 4 is 24.2 Å². The number of fused-ring (bicyclic) bond motifs is 1. The van der Waals surface area contributed by atoms with Crippen molar-refractivity contribution in [2.45, 2.75) is 70.6 Å². The fraction of sp³-hybridized carbons (Fsp3) is 0.714. The van der Waals surface area contributed by atoms with E-state index >= 15 is 0 Å². The summed E-state index contributed by atoms with van der Waals surface area (Å²) in [5, 5.41) is 0. The highest BCUT2D eigenvalue weighted by Gasteiger charge is 2.46. The predicted molar refractivity (Wildman–Crippen MR) is 119 cm³/mol. The van der Waals surface area contributed by atoms with E-state index in [0.717, 1.165) is 4.47 Å². The number of halogens is 1. The van der Waals surface area contributed by atoms with Crippen LogP contribution < -0.4 is 14.2 Å². The monoisotopic (exact) mass is 490 g/mol. The van der Waals surface area contributed by atoms with Crippen LogP contribution in [0, 0.1) is 0 Å². The van der Waals surface area contributed by atoms with Crippen molar-refractivity contribution in [3.05, 3.63) is 16.6 Å². The van der Waals surface area contributed by atoms with Crippen LogP contribution in [0.1, 0.15) is 41.5 Å². The maximum absolute atomic E-state index is 6.74. The fourth-order valence-electron chi connectivity index (χ4n) is 4.43. The summed E-state index contributed by atoms with van der Waals surface area (Å²) in [5.74, 6) is 1.70. The van der Waals surface area contributed by atoms with E-state index in [1.54, 1.807) is 14.2 Å². The number of methoxy groups -OCH3 is 2. The number of hydrogen-bond donors (Lipinski definition) is 0. The Kier molecular flexibility index (Phi) is 8.84. The van der Waals surface area contributed by atoms with Gasteiger partial charge in [0.2, 0.25) is 20.4 Å². The van der Waals surface area contributed by atoms with Gasteiger partial charge in [-0.25, -0.2) is 0 Å². The van der Waals surface area contributed by atoms with Gasteiger partial charge in [-0.15, -0.1) is 0 Å². The zero-order valence-electron chi connectivity index (χ0n) is 18.8. The molecule has 0 N–H and O–H groups in total. The van der Waals surface area contributed by atoms with Crippen LogP contribution in [-0.2, 0) is 13.9 Å². The van der Waals surface area contributed by atoms with Crippen LogP contribution in [0.4, 0.5) is 0 Å². The van der Waals surface area contributed by atoms with Crippen molar-refractivity contribution in [1.82, 2.24) is 0 Å². The minimum atomic E-state index is -2.05. The normalized spacial score (nSPS) is 19.3. The number of ether oxygens (including phenoxy) is 5. The molecule has 2 atom stereocenters. The molecule has 2 rings (SSSR count). The topological polar surface area (TPSA) is 55.4 Å². The number of benzene rings is 1. The van der Waals surface area contributed by atoms with Gasteiger partial charge in [0.05, 0.1) is 13.7 Å². The molecular weight excluding hydrogens is 456 g/mol. The summed E-state index contributed by atoms with van der Waals surface area (Å²) in [5.41, 5.74) is 1.44. The molecule has 0 bridgehead atoms. The van der Waals surface area contributed by atoms with Crippen molar-refractivity contribution in [3.63, 3.8) is 0 Å². The molecule has 0 unspecified atom stereocenters. The first kappa shape index (κ1) is 24.5. The molecular formula is C21H35BrO6Si. The van der Waals surface area contributed by atoms with E-state index in [4.69, 9.17) is 28.1 Å². The lowest BCUT2D eigenvalue weighted by Gasteiger charge is -2.44. The molecule has 1 aromatic rings. The average molecular weight is 491 g/mol. The minimum Gasteiger partial charge on any atom is -0.493 e. The zero-order valence-corrected chi connectivity index (χ0v) is 21.4. The molecule has 29 heavy (non-hydrogen) atoms. The van der Waals surface area contributed by atoms with Crippen molar-refractivity contribution in [2.75, 3.05) is 27.6 Å². The molecule has 1 aromatic carbocycles. The van der Waals surface area contributed by atoms with Gasteiger partial charge in [-0.1, -0.05) is 57.5 Å². The lowest BCUT2D eigenvalue weighted by Crippen LogP contribution is -2.52. The third kappa shape index (κ3) is 5.28. The van der Waals surface area contributed by atoms with Crippen LogP contribution in [0.25, 0.3) is 0 Å². The summed E-state index contributed by atoms with van der Waals surface area (Å²) < 4.78 is 36.3. The van der Waals surface area contributed by atoms with Gasteiger partial charge in [0.25, 0.3) is 0 Å². The van der Waals surface area contributed by atoms with Crippen molar-refractivity contribution in [3.8, 4) is 17.2 Å². The van der Waals surface area contributed by atoms with E-state index in [2.05, 4.69) is 57.5 Å². The van der Waals surface area contributed by atoms with Gasteiger partial charge >= 0.3 is 0 Å². The van der Waals surface area contributed by atoms with Gasteiger partial charge in [-0.3, -0.25) is 0 Å². The first-order valence-corrected chi connectivity index (χ1v) is 13.1. The van der Waals surface area contributed by atoms with Gasteiger partial charge in [0.15, 0.2) is 24.4 Å². The van der Waals surface area contributed by atoms with Crippen LogP contribution in [0.5, 0.6) is 17.2 Å². The lowest BCUT2D eigenvalue weighted by molar-refractivity contribution is -0.201. The van der Waals surface area contributed by atoms with Gasteiger partial charge in [-0.2, -0.15) is 0 Å². The highest BCUT2D eigenvalue weighted by molar-refractivity contribution is 9.10. The highest BCUT2D eigenvalue weighted by atomic mass is 79.9. The van der Waals surface area contributed by atoms with Crippen LogP contribution >= 0.6 is 15.9 Å². The summed E-state index contributed by atoms with van der Waals surface area (Å²) in [6.07, 6.45) is -1.07. The maximum Gasteiger partial charge on any atom is 0.241 e. The molecule has 6 nitrogen and oxygen atoms in total. The molecule has 0 radical (unpaired) electrons. The van der Waals surface area contributed by atoms with Gasteiger partial charge in [-0.05, 0) is 28.8 Å². The second-order valence-electron chi connectivity index (χ2n) is 8.28. The predicted octanol–water partition coefficient (Wildman–Crippen LogP) is 5.74. The summed E-state index contributed by atoms with van der Waals surface area (Å²) in [7, 11) is 1.13. The maximum atomic E-state index is 6.74. The van der Waals surface area contributed by atoms with Crippen molar-refractivity contribution in [2.24, 2.45) is 0 Å². The Hall–Kier alpha value is -0.803. The molecule has 0 saturated heterocycles. The van der Waals surface area contributed by atoms with Crippen molar-refractivity contribution in [1.29, 1.82) is 0 Å². The minimum absolute atomic E-state index is 0.0970. The molecule has 1 heterocycles. The van der Waals surface area contributed by atoms with E-state index < -0.39 is 20.7 Å². The quantitative estimate of drug-likeness (QED) is 0.308. The fourth-order valence-corrected chi connectivity index (χ4v) is 10.3. The van der Waals surface area contributed by atoms with Crippen LogP contribution in [0.15, 0.2) is 16.6 Å². The largest absolute Gasteiger partial charge is 0.493 e. The Morgan fingerprint density at radius 2 is 1.62 bits per heavy atom. The van der Waals surface area contributed by atoms with E-state index in [0.29, 0.717) is 40.5 Å². The summed E-state index contributed by atoms with van der Waals surface area (Å²) >= 11 is 3.50. The molecule has 0 aliphatic carbocycles. The van der Waals surface area contributed by atoms with E-state index in [1.165, 1.54) is 0 Å². The second kappa shape index (κ2) is 10.5. The smallest absolute Gasteiger partial charge is 0.241 e. The molecule has 166 valence electrons. The SMILES string of the molecule is COCO[C@H]1Oc2c(OC)cc(Br)cc2O[C@H]1CO[Si](C(C)C)(C(C)C)C(C)C. The van der Waals surface area contributed by atoms with E-state index in [-0.39, 0.29) is 6.79 Å². The molecule has 1 aliphatic rings. The van der Waals surface area contributed by atoms with Crippen LogP contribution in [0.3, 0.4) is 0 Å². The Morgan fingerprint density at radius 3 is 2.14 bits per heavy atom.